The topological polar surface area (TPSA) is 29.3 Å². The number of nitrogens with zero attached hydrogens (tertiary/aromatic N) is 1. The van der Waals surface area contributed by atoms with Crippen LogP contribution in [0.25, 0.3) is 0 Å². The molecule has 0 spiro atoms. The molecule has 0 aromatic rings. The van der Waals surface area contributed by atoms with E-state index in [-0.39, 0.29) is 0 Å². The van der Waals surface area contributed by atoms with Crippen molar-refractivity contribution in [3.63, 3.8) is 0 Å². The molecule has 0 amide bonds. The minimum Gasteiger partial charge on any atom is -0.327 e. The summed E-state index contributed by atoms with van der Waals surface area (Å²) in [6, 6.07) is 0.406. The van der Waals surface area contributed by atoms with Crippen molar-refractivity contribution < 1.29 is 0 Å². The molecule has 2 heteroatoms. The van der Waals surface area contributed by atoms with Gasteiger partial charge in [-0.1, -0.05) is 26.2 Å². The van der Waals surface area contributed by atoms with Crippen LogP contribution in [0.1, 0.15) is 45.4 Å². The normalized spacial score (nSPS) is 22.6. The Morgan fingerprint density at radius 3 is 2.31 bits per heavy atom. The first-order valence-electron chi connectivity index (χ1n) is 5.81. The monoisotopic (exact) mass is 184 g/mol. The molecule has 0 aliphatic carbocycles. The summed E-state index contributed by atoms with van der Waals surface area (Å²) in [4.78, 5) is 2.55. The first-order chi connectivity index (χ1) is 6.33. The fraction of sp³-hybridized carbons (Fsp3) is 1.00. The van der Waals surface area contributed by atoms with Gasteiger partial charge in [-0.15, -0.1) is 0 Å². The lowest BCUT2D eigenvalue weighted by molar-refractivity contribution is 0.262. The molecule has 0 radical (unpaired) electrons. The number of rotatable bonds is 4. The maximum absolute atomic E-state index is 6.02. The van der Waals surface area contributed by atoms with Crippen molar-refractivity contribution in [2.24, 2.45) is 5.73 Å². The fourth-order valence-corrected chi connectivity index (χ4v) is 2.11. The number of hydrogen-bond acceptors (Lipinski definition) is 2. The molecule has 2 nitrogen and oxygen atoms in total. The van der Waals surface area contributed by atoms with Gasteiger partial charge in [-0.05, 0) is 32.4 Å². The SMILES string of the molecule is CCC[C@@H](N)CN1CCCCCC1. The Balaban J connectivity index is 2.17. The highest BCUT2D eigenvalue weighted by molar-refractivity contribution is 4.70. The van der Waals surface area contributed by atoms with Crippen LogP contribution >= 0.6 is 0 Å². The molecule has 1 aliphatic rings. The standard InChI is InChI=1S/C11H24N2/c1-2-7-11(12)10-13-8-5-3-4-6-9-13/h11H,2-10,12H2,1H3/t11-/m1/s1. The van der Waals surface area contributed by atoms with Crippen LogP contribution in [0.15, 0.2) is 0 Å². The van der Waals surface area contributed by atoms with Gasteiger partial charge in [0.1, 0.15) is 0 Å². The molecule has 13 heavy (non-hydrogen) atoms. The molecular formula is C11H24N2. The van der Waals surface area contributed by atoms with Crippen molar-refractivity contribution in [2.45, 2.75) is 51.5 Å². The summed E-state index contributed by atoms with van der Waals surface area (Å²) < 4.78 is 0. The highest BCUT2D eigenvalue weighted by Crippen LogP contribution is 2.10. The Hall–Kier alpha value is -0.0800. The van der Waals surface area contributed by atoms with E-state index >= 15 is 0 Å². The van der Waals surface area contributed by atoms with Gasteiger partial charge in [0.25, 0.3) is 0 Å². The van der Waals surface area contributed by atoms with Crippen LogP contribution in [0.5, 0.6) is 0 Å². The molecule has 1 atom stereocenters. The van der Waals surface area contributed by atoms with Gasteiger partial charge >= 0.3 is 0 Å². The first kappa shape index (κ1) is 11.0. The third kappa shape index (κ3) is 4.63. The van der Waals surface area contributed by atoms with E-state index in [0.29, 0.717) is 6.04 Å². The molecule has 0 aromatic carbocycles. The molecule has 2 N–H and O–H groups in total. The predicted molar refractivity (Wildman–Crippen MR) is 57.8 cm³/mol. The average Bonchev–Trinajstić information content (AvgIpc) is 2.33. The molecule has 0 unspecified atom stereocenters. The summed E-state index contributed by atoms with van der Waals surface area (Å²) >= 11 is 0. The summed E-state index contributed by atoms with van der Waals surface area (Å²) in [5.41, 5.74) is 6.02. The van der Waals surface area contributed by atoms with Crippen LogP contribution in [0.2, 0.25) is 0 Å². The second kappa shape index (κ2) is 6.39. The molecule has 78 valence electrons. The molecular weight excluding hydrogens is 160 g/mol. The van der Waals surface area contributed by atoms with Gasteiger partial charge < -0.3 is 10.6 Å². The number of likely N-dealkylation sites (tertiary alicyclic amines) is 1. The minimum atomic E-state index is 0.406. The predicted octanol–water partition coefficient (Wildman–Crippen LogP) is 1.99. The van der Waals surface area contributed by atoms with Gasteiger partial charge in [0, 0.05) is 12.6 Å². The quantitative estimate of drug-likeness (QED) is 0.724. The molecule has 0 aromatic heterocycles. The van der Waals surface area contributed by atoms with Crippen LogP contribution in [-0.2, 0) is 0 Å². The second-order valence-corrected chi connectivity index (χ2v) is 4.26. The van der Waals surface area contributed by atoms with Crippen molar-refractivity contribution in [2.75, 3.05) is 19.6 Å². The summed E-state index contributed by atoms with van der Waals surface area (Å²) in [5, 5.41) is 0. The Labute approximate surface area is 82.5 Å². The first-order valence-corrected chi connectivity index (χ1v) is 5.81. The summed E-state index contributed by atoms with van der Waals surface area (Å²) in [5.74, 6) is 0. The zero-order chi connectivity index (χ0) is 9.52. The molecule has 1 aliphatic heterocycles. The van der Waals surface area contributed by atoms with Crippen LogP contribution in [-0.4, -0.2) is 30.6 Å². The number of hydrogen-bond donors (Lipinski definition) is 1. The van der Waals surface area contributed by atoms with E-state index in [2.05, 4.69) is 11.8 Å². The van der Waals surface area contributed by atoms with Crippen molar-refractivity contribution in [3.8, 4) is 0 Å². The van der Waals surface area contributed by atoms with Gasteiger partial charge in [0.05, 0.1) is 0 Å². The van der Waals surface area contributed by atoms with Crippen molar-refractivity contribution in [1.29, 1.82) is 0 Å². The Morgan fingerprint density at radius 1 is 1.15 bits per heavy atom. The smallest absolute Gasteiger partial charge is 0.0167 e. The molecule has 0 saturated carbocycles. The van der Waals surface area contributed by atoms with Crippen molar-refractivity contribution in [1.82, 2.24) is 4.90 Å². The third-order valence-electron chi connectivity index (χ3n) is 2.85. The van der Waals surface area contributed by atoms with Crippen LogP contribution < -0.4 is 5.73 Å². The molecule has 1 saturated heterocycles. The lowest BCUT2D eigenvalue weighted by Crippen LogP contribution is -2.37. The molecule has 0 bridgehead atoms. The third-order valence-corrected chi connectivity index (χ3v) is 2.85. The van der Waals surface area contributed by atoms with Crippen LogP contribution in [0.3, 0.4) is 0 Å². The molecule has 1 fully saturated rings. The summed E-state index contributed by atoms with van der Waals surface area (Å²) in [6.45, 7) is 5.88. The van der Waals surface area contributed by atoms with Gasteiger partial charge in [-0.25, -0.2) is 0 Å². The highest BCUT2D eigenvalue weighted by atomic mass is 15.1. The van der Waals surface area contributed by atoms with Crippen LogP contribution in [0.4, 0.5) is 0 Å². The van der Waals surface area contributed by atoms with Gasteiger partial charge in [0.2, 0.25) is 0 Å². The van der Waals surface area contributed by atoms with E-state index < -0.39 is 0 Å². The lowest BCUT2D eigenvalue weighted by atomic mass is 10.1. The Kier molecular flexibility index (Phi) is 5.40. The largest absolute Gasteiger partial charge is 0.327 e. The Bertz CT molecular complexity index is 117. The van der Waals surface area contributed by atoms with E-state index in [1.807, 2.05) is 0 Å². The summed E-state index contributed by atoms with van der Waals surface area (Å²) in [6.07, 6.45) is 7.97. The van der Waals surface area contributed by atoms with E-state index in [0.717, 1.165) is 6.54 Å². The highest BCUT2D eigenvalue weighted by Gasteiger charge is 2.11. The zero-order valence-corrected chi connectivity index (χ0v) is 8.97. The van der Waals surface area contributed by atoms with E-state index in [1.54, 1.807) is 0 Å². The van der Waals surface area contributed by atoms with E-state index in [4.69, 9.17) is 5.73 Å². The van der Waals surface area contributed by atoms with Crippen molar-refractivity contribution >= 4 is 0 Å². The van der Waals surface area contributed by atoms with Crippen LogP contribution in [0, 0.1) is 0 Å². The Morgan fingerprint density at radius 2 is 1.77 bits per heavy atom. The second-order valence-electron chi connectivity index (χ2n) is 4.26. The number of nitrogens with two attached hydrogens (primary N) is 1. The van der Waals surface area contributed by atoms with Crippen molar-refractivity contribution in [3.05, 3.63) is 0 Å². The van der Waals surface area contributed by atoms with Gasteiger partial charge in [0.15, 0.2) is 0 Å². The van der Waals surface area contributed by atoms with Gasteiger partial charge in [-0.2, -0.15) is 0 Å². The fourth-order valence-electron chi connectivity index (χ4n) is 2.11. The molecule has 1 rings (SSSR count). The zero-order valence-electron chi connectivity index (χ0n) is 8.97. The van der Waals surface area contributed by atoms with Gasteiger partial charge in [-0.3, -0.25) is 0 Å². The lowest BCUT2D eigenvalue weighted by Gasteiger charge is -2.23. The minimum absolute atomic E-state index is 0.406. The van der Waals surface area contributed by atoms with E-state index in [1.165, 1.54) is 51.6 Å². The average molecular weight is 184 g/mol. The molecule has 1 heterocycles. The maximum Gasteiger partial charge on any atom is 0.0167 e. The summed E-state index contributed by atoms with van der Waals surface area (Å²) in [7, 11) is 0. The maximum atomic E-state index is 6.02. The van der Waals surface area contributed by atoms with E-state index in [9.17, 15) is 0 Å².